The van der Waals surface area contributed by atoms with E-state index in [0.717, 1.165) is 24.1 Å². The molecule has 0 bridgehead atoms. The molecule has 0 aromatic heterocycles. The minimum atomic E-state index is -4.37. The summed E-state index contributed by atoms with van der Waals surface area (Å²) in [6.07, 6.45) is -3.35. The molecule has 2 aromatic rings. The van der Waals surface area contributed by atoms with E-state index in [2.05, 4.69) is 36.5 Å². The fourth-order valence-electron chi connectivity index (χ4n) is 2.84. The second-order valence-corrected chi connectivity index (χ2v) is 6.75. The van der Waals surface area contributed by atoms with Gasteiger partial charge in [0, 0.05) is 6.54 Å². The topological polar surface area (TPSA) is 32.3 Å². The fourth-order valence-corrected chi connectivity index (χ4v) is 2.84. The number of rotatable bonds is 7. The minimum absolute atomic E-state index is 0.0208. The van der Waals surface area contributed by atoms with Gasteiger partial charge in [-0.25, -0.2) is 0 Å². The van der Waals surface area contributed by atoms with E-state index in [4.69, 9.17) is 0 Å². The van der Waals surface area contributed by atoms with Crippen molar-refractivity contribution in [1.82, 2.24) is 10.2 Å². The van der Waals surface area contributed by atoms with E-state index >= 15 is 0 Å². The zero-order valence-corrected chi connectivity index (χ0v) is 15.8. The van der Waals surface area contributed by atoms with Crippen molar-refractivity contribution in [2.45, 2.75) is 32.0 Å². The van der Waals surface area contributed by atoms with Gasteiger partial charge in [0.25, 0.3) is 0 Å². The van der Waals surface area contributed by atoms with E-state index in [1.165, 1.54) is 17.7 Å². The van der Waals surface area contributed by atoms with Gasteiger partial charge in [-0.3, -0.25) is 4.79 Å². The predicted molar refractivity (Wildman–Crippen MR) is 100 cm³/mol. The molecular weight excluding hydrogens is 353 g/mol. The Morgan fingerprint density at radius 3 is 2.04 bits per heavy atom. The van der Waals surface area contributed by atoms with Crippen molar-refractivity contribution < 1.29 is 18.0 Å². The van der Waals surface area contributed by atoms with Crippen molar-refractivity contribution in [2.75, 3.05) is 20.6 Å². The van der Waals surface area contributed by atoms with Crippen LogP contribution in [-0.4, -0.2) is 31.4 Å². The molecule has 1 atom stereocenters. The molecule has 3 nitrogen and oxygen atoms in total. The molecule has 0 saturated heterocycles. The summed E-state index contributed by atoms with van der Waals surface area (Å²) in [5.74, 6) is -0.216. The van der Waals surface area contributed by atoms with Gasteiger partial charge < -0.3 is 10.2 Å². The molecule has 2 aromatic carbocycles. The van der Waals surface area contributed by atoms with Crippen LogP contribution in [0.25, 0.3) is 0 Å². The predicted octanol–water partition coefficient (Wildman–Crippen LogP) is 4.23. The SMILES string of the molecule is CCc1ccc(C(CNC(=O)Cc2ccc(C(F)(F)F)cc2)N(C)C)cc1. The van der Waals surface area contributed by atoms with E-state index in [1.54, 1.807) is 0 Å². The third-order valence-electron chi connectivity index (χ3n) is 4.53. The molecule has 0 aliphatic rings. The Labute approximate surface area is 158 Å². The number of alkyl halides is 3. The van der Waals surface area contributed by atoms with Crippen molar-refractivity contribution in [1.29, 1.82) is 0 Å². The number of hydrogen-bond donors (Lipinski definition) is 1. The number of nitrogens with zero attached hydrogens (tertiary/aromatic N) is 1. The highest BCUT2D eigenvalue weighted by atomic mass is 19.4. The van der Waals surface area contributed by atoms with E-state index in [9.17, 15) is 18.0 Å². The number of amides is 1. The van der Waals surface area contributed by atoms with Crippen molar-refractivity contribution in [2.24, 2.45) is 0 Å². The molecule has 0 spiro atoms. The molecule has 0 aliphatic carbocycles. The number of carbonyl (C=O) groups excluding carboxylic acids is 1. The van der Waals surface area contributed by atoms with Crippen LogP contribution in [0.4, 0.5) is 13.2 Å². The van der Waals surface area contributed by atoms with E-state index in [-0.39, 0.29) is 18.4 Å². The first kappa shape index (κ1) is 21.0. The molecule has 0 radical (unpaired) electrons. The van der Waals surface area contributed by atoms with Gasteiger partial charge in [0.15, 0.2) is 0 Å². The monoisotopic (exact) mass is 378 g/mol. The minimum Gasteiger partial charge on any atom is -0.354 e. The Balaban J connectivity index is 1.95. The number of nitrogens with one attached hydrogen (secondary N) is 1. The standard InChI is InChI=1S/C21H25F3N2O/c1-4-15-5-9-17(10-6-15)19(26(2)3)14-25-20(27)13-16-7-11-18(12-8-16)21(22,23)24/h5-12,19H,4,13-14H2,1-3H3,(H,25,27). The van der Waals surface area contributed by atoms with E-state index in [0.29, 0.717) is 12.1 Å². The summed E-state index contributed by atoms with van der Waals surface area (Å²) in [7, 11) is 3.89. The average Bonchev–Trinajstić information content (AvgIpc) is 2.62. The average molecular weight is 378 g/mol. The number of likely N-dealkylation sites (N-methyl/N-ethyl adjacent to an activating group) is 1. The zero-order valence-electron chi connectivity index (χ0n) is 15.8. The molecule has 0 fully saturated rings. The number of aryl methyl sites for hydroxylation is 1. The number of halogens is 3. The van der Waals surface area contributed by atoms with Crippen LogP contribution in [0.5, 0.6) is 0 Å². The van der Waals surface area contributed by atoms with Crippen LogP contribution < -0.4 is 5.32 Å². The van der Waals surface area contributed by atoms with Crippen LogP contribution in [0, 0.1) is 0 Å². The quantitative estimate of drug-likeness (QED) is 0.782. The zero-order chi connectivity index (χ0) is 20.0. The fraction of sp³-hybridized carbons (Fsp3) is 0.381. The molecule has 27 heavy (non-hydrogen) atoms. The molecule has 1 unspecified atom stereocenters. The normalized spacial score (nSPS) is 12.9. The first-order valence-electron chi connectivity index (χ1n) is 8.88. The van der Waals surface area contributed by atoms with Crippen molar-refractivity contribution in [3.05, 3.63) is 70.8 Å². The summed E-state index contributed by atoms with van der Waals surface area (Å²) in [5, 5.41) is 2.88. The molecule has 146 valence electrons. The van der Waals surface area contributed by atoms with Crippen LogP contribution >= 0.6 is 0 Å². The number of hydrogen-bond acceptors (Lipinski definition) is 2. The Morgan fingerprint density at radius 2 is 1.56 bits per heavy atom. The Bertz CT molecular complexity index is 738. The van der Waals surface area contributed by atoms with E-state index < -0.39 is 11.7 Å². The Morgan fingerprint density at radius 1 is 1.00 bits per heavy atom. The molecule has 0 saturated carbocycles. The highest BCUT2D eigenvalue weighted by molar-refractivity contribution is 5.78. The van der Waals surface area contributed by atoms with Crippen LogP contribution in [0.2, 0.25) is 0 Å². The molecule has 1 amide bonds. The summed E-state index contributed by atoms with van der Waals surface area (Å²) in [6, 6.07) is 13.0. The van der Waals surface area contributed by atoms with Crippen LogP contribution in [0.1, 0.15) is 35.2 Å². The van der Waals surface area contributed by atoms with Gasteiger partial charge >= 0.3 is 6.18 Å². The van der Waals surface area contributed by atoms with Gasteiger partial charge in [-0.2, -0.15) is 13.2 Å². The Kier molecular flexibility index (Phi) is 7.02. The Hall–Kier alpha value is -2.34. The largest absolute Gasteiger partial charge is 0.416 e. The lowest BCUT2D eigenvalue weighted by Crippen LogP contribution is -2.35. The smallest absolute Gasteiger partial charge is 0.354 e. The van der Waals surface area contributed by atoms with Crippen LogP contribution in [0.15, 0.2) is 48.5 Å². The molecular formula is C21H25F3N2O. The lowest BCUT2D eigenvalue weighted by Gasteiger charge is -2.25. The summed E-state index contributed by atoms with van der Waals surface area (Å²) in [4.78, 5) is 14.2. The summed E-state index contributed by atoms with van der Waals surface area (Å²) >= 11 is 0. The van der Waals surface area contributed by atoms with Gasteiger partial charge in [-0.15, -0.1) is 0 Å². The van der Waals surface area contributed by atoms with Crippen molar-refractivity contribution in [3.8, 4) is 0 Å². The molecule has 0 aliphatic heterocycles. The number of carbonyl (C=O) groups is 1. The van der Waals surface area contributed by atoms with Crippen molar-refractivity contribution in [3.63, 3.8) is 0 Å². The maximum absolute atomic E-state index is 12.6. The second-order valence-electron chi connectivity index (χ2n) is 6.75. The highest BCUT2D eigenvalue weighted by Crippen LogP contribution is 2.29. The summed E-state index contributed by atoms with van der Waals surface area (Å²) < 4.78 is 37.8. The van der Waals surface area contributed by atoms with E-state index in [1.807, 2.05) is 19.0 Å². The van der Waals surface area contributed by atoms with Gasteiger partial charge in [-0.05, 0) is 49.3 Å². The molecule has 6 heteroatoms. The molecule has 2 rings (SSSR count). The third-order valence-corrected chi connectivity index (χ3v) is 4.53. The maximum atomic E-state index is 12.6. The lowest BCUT2D eigenvalue weighted by molar-refractivity contribution is -0.137. The first-order valence-corrected chi connectivity index (χ1v) is 8.88. The maximum Gasteiger partial charge on any atom is 0.416 e. The van der Waals surface area contributed by atoms with Crippen LogP contribution in [0.3, 0.4) is 0 Å². The van der Waals surface area contributed by atoms with Gasteiger partial charge in [0.2, 0.25) is 5.91 Å². The lowest BCUT2D eigenvalue weighted by atomic mass is 10.0. The summed E-state index contributed by atoms with van der Waals surface area (Å²) in [6.45, 7) is 2.53. The highest BCUT2D eigenvalue weighted by Gasteiger charge is 2.30. The first-order chi connectivity index (χ1) is 12.7. The van der Waals surface area contributed by atoms with Gasteiger partial charge in [0.05, 0.1) is 18.0 Å². The van der Waals surface area contributed by atoms with Crippen molar-refractivity contribution >= 4 is 5.91 Å². The third kappa shape index (κ3) is 6.10. The molecule has 0 heterocycles. The summed E-state index contributed by atoms with van der Waals surface area (Å²) in [5.41, 5.74) is 2.19. The van der Waals surface area contributed by atoms with Gasteiger partial charge in [0.1, 0.15) is 0 Å². The second kappa shape index (κ2) is 9.04. The number of benzene rings is 2. The molecule has 1 N–H and O–H groups in total. The van der Waals surface area contributed by atoms with Gasteiger partial charge in [-0.1, -0.05) is 43.3 Å². The van der Waals surface area contributed by atoms with Crippen LogP contribution in [-0.2, 0) is 23.8 Å².